The fourth-order valence-corrected chi connectivity index (χ4v) is 3.66. The van der Waals surface area contributed by atoms with Crippen molar-refractivity contribution in [1.82, 2.24) is 9.78 Å². The number of methoxy groups -OCH3 is 1. The van der Waals surface area contributed by atoms with Gasteiger partial charge in [-0.05, 0) is 36.6 Å². The highest BCUT2D eigenvalue weighted by molar-refractivity contribution is 5.93. The van der Waals surface area contributed by atoms with Crippen LogP contribution in [0.1, 0.15) is 28.4 Å². The second-order valence-electron chi connectivity index (χ2n) is 6.86. The first-order chi connectivity index (χ1) is 13.5. The number of aromatic nitrogens is 2. The fraction of sp³-hybridized carbons (Fsp3) is 0.238. The first-order valence-corrected chi connectivity index (χ1v) is 9.07. The third-order valence-electron chi connectivity index (χ3n) is 5.09. The third kappa shape index (κ3) is 2.94. The SMILES string of the molecule is COC(=O)c1ccc2c(c1)CN(c1nn(C(C)=N)c(=N)c3ccccc13)CC2. The molecule has 0 amide bonds. The molecule has 1 aromatic heterocycles. The Balaban J connectivity index is 1.82. The first-order valence-electron chi connectivity index (χ1n) is 9.07. The number of benzene rings is 2. The summed E-state index contributed by atoms with van der Waals surface area (Å²) < 4.78 is 6.20. The van der Waals surface area contributed by atoms with Gasteiger partial charge in [-0.1, -0.05) is 30.3 Å². The van der Waals surface area contributed by atoms with Gasteiger partial charge in [0.25, 0.3) is 0 Å². The van der Waals surface area contributed by atoms with Gasteiger partial charge in [-0.15, -0.1) is 5.10 Å². The Morgan fingerprint density at radius 2 is 1.89 bits per heavy atom. The molecule has 0 radical (unpaired) electrons. The number of anilines is 1. The monoisotopic (exact) mass is 375 g/mol. The molecular formula is C21H21N5O2. The number of nitrogens with one attached hydrogen (secondary N) is 2. The molecule has 3 aromatic rings. The van der Waals surface area contributed by atoms with E-state index in [2.05, 4.69) is 10.00 Å². The van der Waals surface area contributed by atoms with Crippen LogP contribution in [0.5, 0.6) is 0 Å². The highest BCUT2D eigenvalue weighted by Crippen LogP contribution is 2.28. The molecule has 0 saturated heterocycles. The molecule has 2 N–H and O–H groups in total. The Labute approximate surface area is 162 Å². The van der Waals surface area contributed by atoms with Crippen LogP contribution in [0.3, 0.4) is 0 Å². The van der Waals surface area contributed by atoms with E-state index in [1.54, 1.807) is 13.0 Å². The zero-order valence-corrected chi connectivity index (χ0v) is 15.8. The van der Waals surface area contributed by atoms with Gasteiger partial charge in [0.1, 0.15) is 5.84 Å². The van der Waals surface area contributed by atoms with E-state index in [1.165, 1.54) is 17.4 Å². The minimum atomic E-state index is -0.348. The number of carbonyl (C=O) groups is 1. The van der Waals surface area contributed by atoms with Crippen molar-refractivity contribution in [2.75, 3.05) is 18.6 Å². The predicted molar refractivity (Wildman–Crippen MR) is 107 cm³/mol. The molecule has 0 aliphatic carbocycles. The lowest BCUT2D eigenvalue weighted by molar-refractivity contribution is 0.0600. The van der Waals surface area contributed by atoms with Crippen LogP contribution < -0.4 is 10.4 Å². The lowest BCUT2D eigenvalue weighted by Gasteiger charge is -2.31. The zero-order chi connectivity index (χ0) is 19.8. The second kappa shape index (κ2) is 6.92. The highest BCUT2D eigenvalue weighted by atomic mass is 16.5. The zero-order valence-electron chi connectivity index (χ0n) is 15.8. The maximum atomic E-state index is 11.9. The van der Waals surface area contributed by atoms with Crippen LogP contribution in [0.4, 0.5) is 5.82 Å². The molecule has 7 heteroatoms. The Kier molecular flexibility index (Phi) is 4.43. The van der Waals surface area contributed by atoms with Crippen LogP contribution in [0, 0.1) is 10.8 Å². The summed E-state index contributed by atoms with van der Waals surface area (Å²) in [7, 11) is 1.38. The average Bonchev–Trinajstić information content (AvgIpc) is 2.72. The van der Waals surface area contributed by atoms with Crippen molar-refractivity contribution >= 4 is 28.4 Å². The number of carbonyl (C=O) groups excluding carboxylic acids is 1. The molecule has 0 spiro atoms. The largest absolute Gasteiger partial charge is 0.465 e. The Hall–Kier alpha value is -3.48. The average molecular weight is 375 g/mol. The summed E-state index contributed by atoms with van der Waals surface area (Å²) in [4.78, 5) is 14.0. The maximum Gasteiger partial charge on any atom is 0.337 e. The molecule has 1 aliphatic rings. The number of nitrogens with zero attached hydrogens (tertiary/aromatic N) is 3. The summed E-state index contributed by atoms with van der Waals surface area (Å²) >= 11 is 0. The van der Waals surface area contributed by atoms with Gasteiger partial charge in [-0.2, -0.15) is 4.68 Å². The number of esters is 1. The summed E-state index contributed by atoms with van der Waals surface area (Å²) in [6.07, 6.45) is 0.832. The molecule has 1 aliphatic heterocycles. The van der Waals surface area contributed by atoms with Crippen molar-refractivity contribution in [2.24, 2.45) is 0 Å². The number of hydrogen-bond acceptors (Lipinski definition) is 6. The van der Waals surface area contributed by atoms with Crippen molar-refractivity contribution in [1.29, 1.82) is 10.8 Å². The van der Waals surface area contributed by atoms with Gasteiger partial charge in [0.2, 0.25) is 0 Å². The molecule has 0 unspecified atom stereocenters. The number of hydrogen-bond donors (Lipinski definition) is 2. The van der Waals surface area contributed by atoms with Crippen molar-refractivity contribution in [3.8, 4) is 0 Å². The first kappa shape index (κ1) is 17.9. The van der Waals surface area contributed by atoms with E-state index in [9.17, 15) is 4.79 Å². The Bertz CT molecular complexity index is 1170. The van der Waals surface area contributed by atoms with Crippen molar-refractivity contribution < 1.29 is 9.53 Å². The Morgan fingerprint density at radius 1 is 1.14 bits per heavy atom. The maximum absolute atomic E-state index is 11.9. The summed E-state index contributed by atoms with van der Waals surface area (Å²) in [5.41, 5.74) is 3.01. The van der Waals surface area contributed by atoms with Crippen LogP contribution in [0.2, 0.25) is 0 Å². The number of rotatable bonds is 2. The van der Waals surface area contributed by atoms with Crippen LogP contribution in [-0.2, 0) is 17.7 Å². The second-order valence-corrected chi connectivity index (χ2v) is 6.86. The van der Waals surface area contributed by atoms with Gasteiger partial charge in [-0.25, -0.2) is 4.79 Å². The van der Waals surface area contributed by atoms with Gasteiger partial charge in [-0.3, -0.25) is 10.8 Å². The molecule has 142 valence electrons. The molecule has 2 heterocycles. The van der Waals surface area contributed by atoms with Gasteiger partial charge in [0.15, 0.2) is 11.3 Å². The van der Waals surface area contributed by atoms with Gasteiger partial charge in [0.05, 0.1) is 12.7 Å². The van der Waals surface area contributed by atoms with E-state index < -0.39 is 0 Å². The molecule has 0 saturated carbocycles. The molecule has 4 rings (SSSR count). The lowest BCUT2D eigenvalue weighted by atomic mass is 9.97. The van der Waals surface area contributed by atoms with Crippen molar-refractivity contribution in [3.63, 3.8) is 0 Å². The standard InChI is InChI=1S/C21H21N5O2/c1-13(22)26-19(23)17-5-3-4-6-18(17)20(24-26)25-10-9-14-7-8-15(21(27)28-2)11-16(14)12-25/h3-8,11,22-23H,9-10,12H2,1-2H3. The predicted octanol–water partition coefficient (Wildman–Crippen LogP) is 2.71. The molecule has 28 heavy (non-hydrogen) atoms. The van der Waals surface area contributed by atoms with Crippen molar-refractivity contribution in [3.05, 3.63) is 64.6 Å². The molecule has 7 nitrogen and oxygen atoms in total. The fourth-order valence-electron chi connectivity index (χ4n) is 3.66. The Morgan fingerprint density at radius 3 is 2.61 bits per heavy atom. The summed E-state index contributed by atoms with van der Waals surface area (Å²) in [5, 5.41) is 22.6. The van der Waals surface area contributed by atoms with Crippen LogP contribution >= 0.6 is 0 Å². The summed E-state index contributed by atoms with van der Waals surface area (Å²) in [5.74, 6) is 0.592. The van der Waals surface area contributed by atoms with E-state index in [0.29, 0.717) is 12.1 Å². The van der Waals surface area contributed by atoms with E-state index in [1.807, 2.05) is 36.4 Å². The summed E-state index contributed by atoms with van der Waals surface area (Å²) in [6, 6.07) is 13.3. The van der Waals surface area contributed by atoms with Gasteiger partial charge < -0.3 is 9.64 Å². The highest BCUT2D eigenvalue weighted by Gasteiger charge is 2.22. The van der Waals surface area contributed by atoms with E-state index in [-0.39, 0.29) is 17.3 Å². The quantitative estimate of drug-likeness (QED) is 0.409. The number of ether oxygens (including phenoxy) is 1. The van der Waals surface area contributed by atoms with Gasteiger partial charge in [0, 0.05) is 23.9 Å². The third-order valence-corrected chi connectivity index (χ3v) is 5.09. The van der Waals surface area contributed by atoms with E-state index in [4.69, 9.17) is 15.6 Å². The molecule has 0 atom stereocenters. The van der Waals surface area contributed by atoms with Gasteiger partial charge >= 0.3 is 5.97 Å². The minimum Gasteiger partial charge on any atom is -0.465 e. The lowest BCUT2D eigenvalue weighted by Crippen LogP contribution is -2.35. The van der Waals surface area contributed by atoms with Crippen LogP contribution in [0.25, 0.3) is 10.8 Å². The normalized spacial score (nSPS) is 13.3. The summed E-state index contributed by atoms with van der Waals surface area (Å²) in [6.45, 7) is 3.00. The van der Waals surface area contributed by atoms with E-state index >= 15 is 0 Å². The molecule has 0 fully saturated rings. The molecule has 2 aromatic carbocycles. The molecule has 0 bridgehead atoms. The number of fused-ring (bicyclic) bond motifs is 2. The van der Waals surface area contributed by atoms with E-state index in [0.717, 1.165) is 35.1 Å². The molecular weight excluding hydrogens is 354 g/mol. The topological polar surface area (TPSA) is 95.1 Å². The van der Waals surface area contributed by atoms with Crippen LogP contribution in [0.15, 0.2) is 42.5 Å². The van der Waals surface area contributed by atoms with Crippen LogP contribution in [-0.4, -0.2) is 35.2 Å². The minimum absolute atomic E-state index is 0.197. The van der Waals surface area contributed by atoms with Crippen molar-refractivity contribution in [2.45, 2.75) is 19.9 Å². The smallest absolute Gasteiger partial charge is 0.337 e.